The van der Waals surface area contributed by atoms with Crippen LogP contribution in [-0.2, 0) is 11.2 Å². The van der Waals surface area contributed by atoms with Crippen molar-refractivity contribution in [3.63, 3.8) is 0 Å². The third-order valence-electron chi connectivity index (χ3n) is 3.59. The Labute approximate surface area is 112 Å². The van der Waals surface area contributed by atoms with Crippen molar-refractivity contribution in [3.05, 3.63) is 22.4 Å². The number of amides is 1. The van der Waals surface area contributed by atoms with Crippen LogP contribution in [0.2, 0.25) is 0 Å². The van der Waals surface area contributed by atoms with E-state index < -0.39 is 0 Å². The summed E-state index contributed by atoms with van der Waals surface area (Å²) in [6, 6.07) is 4.02. The molecule has 1 aromatic heterocycles. The molecular weight excluding hydrogens is 246 g/mol. The van der Waals surface area contributed by atoms with Gasteiger partial charge < -0.3 is 10.4 Å². The fraction of sp³-hybridized carbons (Fsp3) is 0.643. The molecule has 1 heterocycles. The van der Waals surface area contributed by atoms with Crippen LogP contribution >= 0.6 is 11.3 Å². The molecule has 0 saturated heterocycles. The van der Waals surface area contributed by atoms with Gasteiger partial charge in [-0.15, -0.1) is 11.3 Å². The Kier molecular flexibility index (Phi) is 4.78. The lowest BCUT2D eigenvalue weighted by Gasteiger charge is -2.29. The zero-order valence-corrected chi connectivity index (χ0v) is 11.6. The molecule has 2 rings (SSSR count). The number of hydrogen-bond acceptors (Lipinski definition) is 3. The smallest absolute Gasteiger partial charge is 0.223 e. The summed E-state index contributed by atoms with van der Waals surface area (Å²) in [4.78, 5) is 13.3. The summed E-state index contributed by atoms with van der Waals surface area (Å²) in [6.45, 7) is 1.95. The van der Waals surface area contributed by atoms with Crippen LogP contribution in [0.4, 0.5) is 0 Å². The molecule has 1 saturated carbocycles. The maximum Gasteiger partial charge on any atom is 0.223 e. The van der Waals surface area contributed by atoms with Gasteiger partial charge in [0.05, 0.1) is 12.1 Å². The fourth-order valence-electron chi connectivity index (χ4n) is 2.43. The van der Waals surface area contributed by atoms with Crippen LogP contribution in [0.25, 0.3) is 0 Å². The second-order valence-electron chi connectivity index (χ2n) is 5.15. The average Bonchev–Trinajstić information content (AvgIpc) is 2.84. The monoisotopic (exact) mass is 267 g/mol. The number of hydrogen-bond donors (Lipinski definition) is 2. The van der Waals surface area contributed by atoms with E-state index in [9.17, 15) is 9.90 Å². The van der Waals surface area contributed by atoms with Crippen molar-refractivity contribution in [1.82, 2.24) is 5.32 Å². The van der Waals surface area contributed by atoms with E-state index in [1.54, 1.807) is 11.3 Å². The molecule has 3 nitrogen and oxygen atoms in total. The maximum absolute atomic E-state index is 12.1. The molecule has 100 valence electrons. The third kappa shape index (κ3) is 3.56. The van der Waals surface area contributed by atoms with Crippen LogP contribution in [-0.4, -0.2) is 23.2 Å². The van der Waals surface area contributed by atoms with Gasteiger partial charge in [-0.1, -0.05) is 25.8 Å². The van der Waals surface area contributed by atoms with Gasteiger partial charge in [0.15, 0.2) is 0 Å². The number of aliphatic hydroxyl groups is 1. The summed E-state index contributed by atoms with van der Waals surface area (Å²) in [6.07, 6.45) is 4.30. The van der Waals surface area contributed by atoms with E-state index in [1.807, 2.05) is 18.4 Å². The number of aliphatic hydroxyl groups excluding tert-OH is 1. The van der Waals surface area contributed by atoms with E-state index in [-0.39, 0.29) is 24.0 Å². The molecular formula is C14H21NO2S. The summed E-state index contributed by atoms with van der Waals surface area (Å²) in [5.41, 5.74) is 0. The first-order valence-electron chi connectivity index (χ1n) is 6.67. The standard InChI is InChI=1S/C14H21NO2S/c1-10(9-11-5-4-8-18-11)14(17)15-12-6-2-3-7-13(12)16/h4-5,8,10,12-13,16H,2-3,6-7,9H2,1H3,(H,15,17). The minimum atomic E-state index is -0.364. The summed E-state index contributed by atoms with van der Waals surface area (Å²) in [7, 11) is 0. The quantitative estimate of drug-likeness (QED) is 0.879. The van der Waals surface area contributed by atoms with Crippen molar-refractivity contribution in [3.8, 4) is 0 Å². The van der Waals surface area contributed by atoms with Gasteiger partial charge in [-0.25, -0.2) is 0 Å². The first kappa shape index (κ1) is 13.6. The number of carbonyl (C=O) groups excluding carboxylic acids is 1. The average molecular weight is 267 g/mol. The molecule has 1 amide bonds. The molecule has 0 aromatic carbocycles. The Morgan fingerprint density at radius 2 is 2.33 bits per heavy atom. The lowest BCUT2D eigenvalue weighted by atomic mass is 9.92. The molecule has 0 spiro atoms. The molecule has 1 fully saturated rings. The molecule has 3 unspecified atom stereocenters. The predicted octanol–water partition coefficient (Wildman–Crippen LogP) is 2.35. The molecule has 0 aliphatic heterocycles. The molecule has 0 bridgehead atoms. The van der Waals surface area contributed by atoms with E-state index >= 15 is 0 Å². The van der Waals surface area contributed by atoms with Crippen LogP contribution in [0.1, 0.15) is 37.5 Å². The van der Waals surface area contributed by atoms with Crippen molar-refractivity contribution in [2.75, 3.05) is 0 Å². The Morgan fingerprint density at radius 3 is 3.00 bits per heavy atom. The number of thiophene rings is 1. The zero-order chi connectivity index (χ0) is 13.0. The van der Waals surface area contributed by atoms with Crippen LogP contribution in [0.3, 0.4) is 0 Å². The SMILES string of the molecule is CC(Cc1cccs1)C(=O)NC1CCCCC1O. The molecule has 0 radical (unpaired) electrons. The van der Waals surface area contributed by atoms with Crippen LogP contribution in [0.5, 0.6) is 0 Å². The molecule has 4 heteroatoms. The topological polar surface area (TPSA) is 49.3 Å². The van der Waals surface area contributed by atoms with E-state index in [1.165, 1.54) is 4.88 Å². The Balaban J connectivity index is 1.83. The van der Waals surface area contributed by atoms with Crippen molar-refractivity contribution in [2.45, 2.75) is 51.2 Å². The maximum atomic E-state index is 12.1. The van der Waals surface area contributed by atoms with Crippen LogP contribution in [0.15, 0.2) is 17.5 Å². The minimum Gasteiger partial charge on any atom is -0.391 e. The zero-order valence-electron chi connectivity index (χ0n) is 10.8. The minimum absolute atomic E-state index is 0.0298. The van der Waals surface area contributed by atoms with E-state index in [0.717, 1.165) is 32.1 Å². The van der Waals surface area contributed by atoms with Gasteiger partial charge in [0.1, 0.15) is 0 Å². The number of nitrogens with one attached hydrogen (secondary N) is 1. The molecule has 3 atom stereocenters. The van der Waals surface area contributed by atoms with Gasteiger partial charge >= 0.3 is 0 Å². The molecule has 2 N–H and O–H groups in total. The van der Waals surface area contributed by atoms with E-state index in [2.05, 4.69) is 11.4 Å². The summed E-state index contributed by atoms with van der Waals surface area (Å²) >= 11 is 1.69. The highest BCUT2D eigenvalue weighted by Gasteiger charge is 2.26. The van der Waals surface area contributed by atoms with Crippen molar-refractivity contribution in [2.24, 2.45) is 5.92 Å². The van der Waals surface area contributed by atoms with Crippen molar-refractivity contribution in [1.29, 1.82) is 0 Å². The van der Waals surface area contributed by atoms with Gasteiger partial charge in [-0.3, -0.25) is 4.79 Å². The molecule has 18 heavy (non-hydrogen) atoms. The van der Waals surface area contributed by atoms with Gasteiger partial charge in [0.2, 0.25) is 5.91 Å². The van der Waals surface area contributed by atoms with Gasteiger partial charge in [-0.2, -0.15) is 0 Å². The highest BCUT2D eigenvalue weighted by molar-refractivity contribution is 7.09. The largest absolute Gasteiger partial charge is 0.391 e. The first-order chi connectivity index (χ1) is 8.66. The molecule has 1 aliphatic carbocycles. The second-order valence-corrected chi connectivity index (χ2v) is 6.18. The highest BCUT2D eigenvalue weighted by Crippen LogP contribution is 2.20. The first-order valence-corrected chi connectivity index (χ1v) is 7.55. The summed E-state index contributed by atoms with van der Waals surface area (Å²) < 4.78 is 0. The van der Waals surface area contributed by atoms with E-state index in [0.29, 0.717) is 0 Å². The van der Waals surface area contributed by atoms with Crippen LogP contribution in [0, 0.1) is 5.92 Å². The Bertz CT molecular complexity index is 377. The van der Waals surface area contributed by atoms with Crippen molar-refractivity contribution >= 4 is 17.2 Å². The number of rotatable bonds is 4. The van der Waals surface area contributed by atoms with Gasteiger partial charge in [-0.05, 0) is 30.7 Å². The van der Waals surface area contributed by atoms with Crippen LogP contribution < -0.4 is 5.32 Å². The van der Waals surface area contributed by atoms with Gasteiger partial charge in [0.25, 0.3) is 0 Å². The summed E-state index contributed by atoms with van der Waals surface area (Å²) in [5.74, 6) is 0.0344. The molecule has 1 aliphatic rings. The Morgan fingerprint density at radius 1 is 1.56 bits per heavy atom. The second kappa shape index (κ2) is 6.34. The number of carbonyl (C=O) groups is 1. The third-order valence-corrected chi connectivity index (χ3v) is 4.49. The summed E-state index contributed by atoms with van der Waals surface area (Å²) in [5, 5.41) is 14.9. The highest BCUT2D eigenvalue weighted by atomic mass is 32.1. The molecule has 1 aromatic rings. The fourth-order valence-corrected chi connectivity index (χ4v) is 3.26. The van der Waals surface area contributed by atoms with E-state index in [4.69, 9.17) is 0 Å². The lowest BCUT2D eigenvalue weighted by Crippen LogP contribution is -2.47. The van der Waals surface area contributed by atoms with Crippen molar-refractivity contribution < 1.29 is 9.90 Å². The van der Waals surface area contributed by atoms with Gasteiger partial charge in [0, 0.05) is 10.8 Å². The lowest BCUT2D eigenvalue weighted by molar-refractivity contribution is -0.126. The predicted molar refractivity (Wildman–Crippen MR) is 73.6 cm³/mol. The Hall–Kier alpha value is -0.870. The normalized spacial score (nSPS) is 25.7.